The predicted octanol–water partition coefficient (Wildman–Crippen LogP) is 1.04. The number of aliphatic hydroxyl groups is 1. The first-order valence-electron chi connectivity index (χ1n) is 8.20. The van der Waals surface area contributed by atoms with Crippen LogP contribution in [0, 0.1) is 5.92 Å². The second-order valence-electron chi connectivity index (χ2n) is 6.97. The maximum Gasteiger partial charge on any atom is 0.426 e. The van der Waals surface area contributed by atoms with Crippen LogP contribution < -0.4 is 0 Å². The number of carbonyl (C=O) groups is 2. The number of hydrogen-bond acceptors (Lipinski definition) is 4. The van der Waals surface area contributed by atoms with Gasteiger partial charge >= 0.3 is 6.18 Å². The van der Waals surface area contributed by atoms with Crippen LogP contribution in [0.5, 0.6) is 0 Å². The number of carbonyl (C=O) groups excluding carboxylic acids is 2. The zero-order valence-electron chi connectivity index (χ0n) is 15.1. The van der Waals surface area contributed by atoms with Crippen LogP contribution in [-0.4, -0.2) is 74.5 Å². The molecule has 10 heteroatoms. The van der Waals surface area contributed by atoms with Crippen molar-refractivity contribution in [2.45, 2.75) is 38.1 Å². The Labute approximate surface area is 149 Å². The van der Waals surface area contributed by atoms with Gasteiger partial charge in [-0.25, -0.2) is 0 Å². The minimum Gasteiger partial charge on any atom is -0.373 e. The number of piperidine rings is 1. The van der Waals surface area contributed by atoms with Crippen molar-refractivity contribution in [3.63, 3.8) is 0 Å². The van der Waals surface area contributed by atoms with Crippen molar-refractivity contribution in [3.05, 3.63) is 18.0 Å². The van der Waals surface area contributed by atoms with Crippen LogP contribution in [0.4, 0.5) is 13.2 Å². The molecule has 0 spiro atoms. The average Bonchev–Trinajstić information content (AvgIpc) is 2.98. The minimum absolute atomic E-state index is 0.0282. The number of aromatic nitrogens is 2. The smallest absolute Gasteiger partial charge is 0.373 e. The van der Waals surface area contributed by atoms with E-state index in [1.807, 2.05) is 0 Å². The molecule has 7 nitrogen and oxygen atoms in total. The highest BCUT2D eigenvalue weighted by Crippen LogP contribution is 2.33. The van der Waals surface area contributed by atoms with E-state index >= 15 is 0 Å². The van der Waals surface area contributed by atoms with Crippen molar-refractivity contribution < 1.29 is 27.9 Å². The van der Waals surface area contributed by atoms with Gasteiger partial charge in [-0.05, 0) is 19.3 Å². The molecule has 0 aliphatic carbocycles. The van der Waals surface area contributed by atoms with Gasteiger partial charge in [0.05, 0.1) is 11.8 Å². The number of alkyl halides is 3. The first-order valence-corrected chi connectivity index (χ1v) is 8.20. The predicted molar refractivity (Wildman–Crippen MR) is 86.1 cm³/mol. The molecule has 26 heavy (non-hydrogen) atoms. The summed E-state index contributed by atoms with van der Waals surface area (Å²) in [4.78, 5) is 27.2. The van der Waals surface area contributed by atoms with E-state index in [9.17, 15) is 27.9 Å². The Morgan fingerprint density at radius 1 is 1.38 bits per heavy atom. The summed E-state index contributed by atoms with van der Waals surface area (Å²) in [6.07, 6.45) is -1.69. The van der Waals surface area contributed by atoms with Gasteiger partial charge in [0.25, 0.3) is 11.8 Å². The molecule has 2 amide bonds. The lowest BCUT2D eigenvalue weighted by atomic mass is 9.91. The first kappa shape index (κ1) is 20.2. The third kappa shape index (κ3) is 3.69. The highest BCUT2D eigenvalue weighted by atomic mass is 19.4. The monoisotopic (exact) mass is 376 g/mol. The highest BCUT2D eigenvalue weighted by Gasteiger charge is 2.57. The van der Waals surface area contributed by atoms with Crippen molar-refractivity contribution >= 4 is 11.8 Å². The van der Waals surface area contributed by atoms with Gasteiger partial charge in [0, 0.05) is 39.4 Å². The molecule has 3 unspecified atom stereocenters. The molecule has 1 aromatic heterocycles. The third-order valence-corrected chi connectivity index (χ3v) is 4.89. The van der Waals surface area contributed by atoms with Crippen molar-refractivity contribution in [1.82, 2.24) is 19.6 Å². The lowest BCUT2D eigenvalue weighted by Gasteiger charge is -2.43. The summed E-state index contributed by atoms with van der Waals surface area (Å²) in [5.74, 6) is -1.85. The summed E-state index contributed by atoms with van der Waals surface area (Å²) in [6, 6.07) is -0.234. The summed E-state index contributed by atoms with van der Waals surface area (Å²) < 4.78 is 40.1. The Morgan fingerprint density at radius 3 is 2.46 bits per heavy atom. The second kappa shape index (κ2) is 6.90. The average molecular weight is 376 g/mol. The molecule has 2 heterocycles. The fourth-order valence-corrected chi connectivity index (χ4v) is 3.21. The molecule has 0 aromatic carbocycles. The van der Waals surface area contributed by atoms with Crippen LogP contribution in [0.15, 0.2) is 12.4 Å². The van der Waals surface area contributed by atoms with E-state index in [-0.39, 0.29) is 31.0 Å². The standard InChI is InChI=1S/C16H23F3N4O3/c1-10-8-23(14(25)15(2,26)16(17,18)19)6-5-12(10)22(4)13(24)11-7-20-21(3)9-11/h7,9-10,12,26H,5-6,8H2,1-4H3. The number of rotatable bonds is 3. The van der Waals surface area contributed by atoms with Crippen molar-refractivity contribution in [1.29, 1.82) is 0 Å². The fraction of sp³-hybridized carbons (Fsp3) is 0.688. The molecular formula is C16H23F3N4O3. The Hall–Kier alpha value is -2.10. The number of amides is 2. The summed E-state index contributed by atoms with van der Waals surface area (Å²) >= 11 is 0. The lowest BCUT2D eigenvalue weighted by Crippen LogP contribution is -2.60. The van der Waals surface area contributed by atoms with E-state index in [1.54, 1.807) is 27.2 Å². The maximum atomic E-state index is 12.9. The quantitative estimate of drug-likeness (QED) is 0.855. The van der Waals surface area contributed by atoms with Crippen LogP contribution in [-0.2, 0) is 11.8 Å². The molecule has 0 radical (unpaired) electrons. The molecule has 0 saturated carbocycles. The zero-order chi connectivity index (χ0) is 19.9. The molecule has 1 fully saturated rings. The van der Waals surface area contributed by atoms with E-state index < -0.39 is 17.7 Å². The number of halogens is 3. The largest absolute Gasteiger partial charge is 0.426 e. The summed E-state index contributed by atoms with van der Waals surface area (Å²) in [6.45, 7) is 2.29. The van der Waals surface area contributed by atoms with Crippen molar-refractivity contribution in [2.75, 3.05) is 20.1 Å². The van der Waals surface area contributed by atoms with Crippen molar-refractivity contribution in [3.8, 4) is 0 Å². The topological polar surface area (TPSA) is 78.7 Å². The van der Waals surface area contributed by atoms with Gasteiger partial charge in [-0.2, -0.15) is 18.3 Å². The van der Waals surface area contributed by atoms with Crippen molar-refractivity contribution in [2.24, 2.45) is 13.0 Å². The number of hydrogen-bond donors (Lipinski definition) is 1. The van der Waals surface area contributed by atoms with Crippen LogP contribution >= 0.6 is 0 Å². The van der Waals surface area contributed by atoms with Crippen LogP contribution in [0.3, 0.4) is 0 Å². The van der Waals surface area contributed by atoms with Gasteiger partial charge in [-0.1, -0.05) is 6.92 Å². The lowest BCUT2D eigenvalue weighted by molar-refractivity contribution is -0.251. The zero-order valence-corrected chi connectivity index (χ0v) is 15.1. The molecule has 0 bridgehead atoms. The molecule has 146 valence electrons. The molecular weight excluding hydrogens is 353 g/mol. The molecule has 3 atom stereocenters. The Balaban J connectivity index is 2.06. The van der Waals surface area contributed by atoms with E-state index in [4.69, 9.17) is 0 Å². The Kier molecular flexibility index (Phi) is 5.36. The highest BCUT2D eigenvalue weighted by molar-refractivity contribution is 5.93. The van der Waals surface area contributed by atoms with E-state index in [1.165, 1.54) is 15.8 Å². The maximum absolute atomic E-state index is 12.9. The molecule has 1 N–H and O–H groups in total. The summed E-state index contributed by atoms with van der Waals surface area (Å²) in [5, 5.41) is 13.5. The van der Waals surface area contributed by atoms with Gasteiger partial charge in [0.15, 0.2) is 0 Å². The SMILES string of the molecule is CC1CN(C(=O)C(C)(O)C(F)(F)F)CCC1N(C)C(=O)c1cnn(C)c1. The van der Waals surface area contributed by atoms with Crippen LogP contribution in [0.25, 0.3) is 0 Å². The van der Waals surface area contributed by atoms with Gasteiger partial charge in [0.2, 0.25) is 5.60 Å². The van der Waals surface area contributed by atoms with Gasteiger partial charge in [-0.15, -0.1) is 0 Å². The van der Waals surface area contributed by atoms with Gasteiger partial charge in [-0.3, -0.25) is 14.3 Å². The van der Waals surface area contributed by atoms with E-state index in [2.05, 4.69) is 5.10 Å². The van der Waals surface area contributed by atoms with E-state index in [0.29, 0.717) is 18.9 Å². The number of nitrogens with zero attached hydrogens (tertiary/aromatic N) is 4. The normalized spacial score (nSPS) is 23.5. The third-order valence-electron chi connectivity index (χ3n) is 4.89. The molecule has 2 rings (SSSR count). The number of aryl methyl sites for hydroxylation is 1. The molecule has 1 aliphatic rings. The molecule has 1 aromatic rings. The Morgan fingerprint density at radius 2 is 2.00 bits per heavy atom. The molecule has 1 aliphatic heterocycles. The second-order valence-corrected chi connectivity index (χ2v) is 6.97. The van der Waals surface area contributed by atoms with E-state index in [0.717, 1.165) is 4.90 Å². The van der Waals surface area contributed by atoms with Crippen LogP contribution in [0.2, 0.25) is 0 Å². The van der Waals surface area contributed by atoms with Gasteiger partial charge < -0.3 is 14.9 Å². The first-order chi connectivity index (χ1) is 11.9. The summed E-state index contributed by atoms with van der Waals surface area (Å²) in [7, 11) is 3.32. The van der Waals surface area contributed by atoms with Gasteiger partial charge in [0.1, 0.15) is 0 Å². The Bertz CT molecular complexity index is 687. The molecule has 1 saturated heterocycles. The minimum atomic E-state index is -5.04. The summed E-state index contributed by atoms with van der Waals surface area (Å²) in [5.41, 5.74) is -3.00. The van der Waals surface area contributed by atoms with Crippen LogP contribution in [0.1, 0.15) is 30.6 Å². The number of likely N-dealkylation sites (tertiary alicyclic amines) is 1. The fourth-order valence-electron chi connectivity index (χ4n) is 3.21.